The molecule has 2 aromatic heterocycles. The zero-order valence-corrected chi connectivity index (χ0v) is 16.7. The van der Waals surface area contributed by atoms with Crippen molar-refractivity contribution in [3.63, 3.8) is 0 Å². The lowest BCUT2D eigenvalue weighted by atomic mass is 10.1. The van der Waals surface area contributed by atoms with Crippen molar-refractivity contribution in [2.75, 3.05) is 7.05 Å². The van der Waals surface area contributed by atoms with E-state index in [1.807, 2.05) is 0 Å². The zero-order chi connectivity index (χ0) is 22.1. The Labute approximate surface area is 173 Å². The average molecular weight is 438 g/mol. The highest BCUT2D eigenvalue weighted by Crippen LogP contribution is 2.37. The molecular weight excluding hydrogens is 421 g/mol. The molecule has 0 aliphatic carbocycles. The van der Waals surface area contributed by atoms with Crippen molar-refractivity contribution in [2.24, 2.45) is 0 Å². The van der Waals surface area contributed by atoms with E-state index in [-0.39, 0.29) is 51.9 Å². The molecule has 1 aromatic carbocycles. The van der Waals surface area contributed by atoms with Crippen LogP contribution in [0.3, 0.4) is 0 Å². The van der Waals surface area contributed by atoms with E-state index in [9.17, 15) is 27.9 Å². The van der Waals surface area contributed by atoms with Gasteiger partial charge in [-0.25, -0.2) is 9.36 Å². The Morgan fingerprint density at radius 3 is 2.50 bits per heavy atom. The monoisotopic (exact) mass is 438 g/mol. The van der Waals surface area contributed by atoms with Gasteiger partial charge in [0.15, 0.2) is 0 Å². The number of aromatic nitrogens is 3. The average Bonchev–Trinajstić information content (AvgIpc) is 2.91. The molecule has 0 saturated carbocycles. The third-order valence-electron chi connectivity index (χ3n) is 4.40. The van der Waals surface area contributed by atoms with E-state index in [0.29, 0.717) is 5.56 Å². The number of nitrogens with zero attached hydrogens (tertiary/aromatic N) is 3. The van der Waals surface area contributed by atoms with Gasteiger partial charge in [0, 0.05) is 24.3 Å². The van der Waals surface area contributed by atoms with Crippen molar-refractivity contribution >= 4 is 17.7 Å². The van der Waals surface area contributed by atoms with E-state index >= 15 is 0 Å². The maximum atomic E-state index is 12.9. The molecule has 3 aromatic rings. The van der Waals surface area contributed by atoms with E-state index in [2.05, 4.69) is 10.3 Å². The fourth-order valence-electron chi connectivity index (χ4n) is 2.92. The molecule has 2 N–H and O–H groups in total. The second-order valence-corrected chi connectivity index (χ2v) is 7.41. The quantitative estimate of drug-likeness (QED) is 0.598. The summed E-state index contributed by atoms with van der Waals surface area (Å²) in [4.78, 5) is 28.9. The first-order valence-corrected chi connectivity index (χ1v) is 9.46. The van der Waals surface area contributed by atoms with Crippen LogP contribution in [-0.4, -0.2) is 37.7 Å². The first-order valence-electron chi connectivity index (χ1n) is 8.64. The van der Waals surface area contributed by atoms with E-state index in [1.54, 1.807) is 6.07 Å². The molecule has 0 saturated heterocycles. The summed E-state index contributed by atoms with van der Waals surface area (Å²) in [5, 5.41) is 13.0. The lowest BCUT2D eigenvalue weighted by molar-refractivity contribution is -0.0328. The summed E-state index contributed by atoms with van der Waals surface area (Å²) in [5.74, 6) is -0.711. The number of alkyl halides is 3. The number of carbonyl (C=O) groups is 1. The second-order valence-electron chi connectivity index (χ2n) is 6.27. The summed E-state index contributed by atoms with van der Waals surface area (Å²) in [6.45, 7) is 1.53. The van der Waals surface area contributed by atoms with Crippen LogP contribution in [0.5, 0.6) is 5.88 Å². The van der Waals surface area contributed by atoms with Gasteiger partial charge in [-0.05, 0) is 54.6 Å². The number of hydrogen-bond donors (Lipinski definition) is 2. The van der Waals surface area contributed by atoms with Gasteiger partial charge in [-0.1, -0.05) is 0 Å². The number of amides is 1. The molecule has 0 fully saturated rings. The summed E-state index contributed by atoms with van der Waals surface area (Å²) < 4.78 is 39.8. The minimum absolute atomic E-state index is 0.00148. The fourth-order valence-corrected chi connectivity index (χ4v) is 3.46. The molecule has 11 heteroatoms. The van der Waals surface area contributed by atoms with E-state index < -0.39 is 11.2 Å². The van der Waals surface area contributed by atoms with Crippen molar-refractivity contribution in [3.8, 4) is 11.6 Å². The van der Waals surface area contributed by atoms with Gasteiger partial charge >= 0.3 is 11.2 Å². The molecule has 3 rings (SSSR count). The Hall–Kier alpha value is -3.21. The van der Waals surface area contributed by atoms with Crippen molar-refractivity contribution in [1.82, 2.24) is 19.4 Å². The van der Waals surface area contributed by atoms with Crippen LogP contribution < -0.4 is 11.0 Å². The number of carbonyl (C=O) groups excluding carboxylic acids is 1. The van der Waals surface area contributed by atoms with Crippen molar-refractivity contribution in [1.29, 1.82) is 0 Å². The minimum atomic E-state index is -4.42. The first-order chi connectivity index (χ1) is 14.1. The maximum absolute atomic E-state index is 12.9. The third kappa shape index (κ3) is 4.35. The third-order valence-corrected chi connectivity index (χ3v) is 5.14. The van der Waals surface area contributed by atoms with Crippen molar-refractivity contribution in [3.05, 3.63) is 70.0 Å². The number of halogens is 3. The molecule has 0 aliphatic heterocycles. The van der Waals surface area contributed by atoms with Gasteiger partial charge in [-0.2, -0.15) is 13.2 Å². The molecule has 0 unspecified atom stereocenters. The SMILES string of the molecule is CNC(=O)c1cnccc1Cn1c(C)c(O)n(-c2ccc(SC(F)(F)F)cc2)c1=O. The normalized spacial score (nSPS) is 11.5. The molecule has 0 radical (unpaired) electrons. The fraction of sp³-hybridized carbons (Fsp3) is 0.211. The topological polar surface area (TPSA) is 89.2 Å². The van der Waals surface area contributed by atoms with Gasteiger partial charge in [-0.3, -0.25) is 14.3 Å². The number of thioether (sulfide) groups is 1. The number of pyridine rings is 1. The lowest BCUT2D eigenvalue weighted by Crippen LogP contribution is -2.26. The number of hydrogen-bond acceptors (Lipinski definition) is 5. The minimum Gasteiger partial charge on any atom is -0.493 e. The standard InChI is InChI=1S/C19H17F3N4O3S/c1-11-17(28)26(13-3-5-14(6-4-13)30-19(20,21)22)18(29)25(11)10-12-7-8-24-9-15(12)16(27)23-2/h3-9,28H,10H2,1-2H3,(H,23,27). The van der Waals surface area contributed by atoms with Gasteiger partial charge < -0.3 is 10.4 Å². The molecule has 1 amide bonds. The predicted octanol–water partition coefficient (Wildman–Crippen LogP) is 3.07. The zero-order valence-electron chi connectivity index (χ0n) is 15.9. The number of benzene rings is 1. The molecule has 158 valence electrons. The Balaban J connectivity index is 1.99. The summed E-state index contributed by atoms with van der Waals surface area (Å²) in [7, 11) is 1.47. The molecule has 0 bridgehead atoms. The van der Waals surface area contributed by atoms with E-state index in [4.69, 9.17) is 0 Å². The predicted molar refractivity (Wildman–Crippen MR) is 105 cm³/mol. The van der Waals surface area contributed by atoms with Crippen LogP contribution in [0.2, 0.25) is 0 Å². The van der Waals surface area contributed by atoms with Crippen LogP contribution in [0.4, 0.5) is 13.2 Å². The van der Waals surface area contributed by atoms with Crippen LogP contribution >= 0.6 is 11.8 Å². The molecule has 0 atom stereocenters. The van der Waals surface area contributed by atoms with E-state index in [0.717, 1.165) is 4.57 Å². The van der Waals surface area contributed by atoms with Crippen LogP contribution in [0.15, 0.2) is 52.4 Å². The Morgan fingerprint density at radius 1 is 1.23 bits per heavy atom. The molecule has 2 heterocycles. The first kappa shape index (κ1) is 21.5. The largest absolute Gasteiger partial charge is 0.493 e. The number of aromatic hydroxyl groups is 1. The summed E-state index contributed by atoms with van der Waals surface area (Å²) >= 11 is -0.269. The number of nitrogens with one attached hydrogen (secondary N) is 1. The molecule has 30 heavy (non-hydrogen) atoms. The van der Waals surface area contributed by atoms with E-state index in [1.165, 1.54) is 55.2 Å². The second kappa shape index (κ2) is 8.27. The van der Waals surface area contributed by atoms with Crippen molar-refractivity contribution < 1.29 is 23.1 Å². The van der Waals surface area contributed by atoms with Crippen LogP contribution in [0, 0.1) is 6.92 Å². The number of imidazole rings is 1. The highest BCUT2D eigenvalue weighted by Gasteiger charge is 2.29. The van der Waals surface area contributed by atoms with Gasteiger partial charge in [0.2, 0.25) is 5.88 Å². The molecule has 0 spiro atoms. The smallest absolute Gasteiger partial charge is 0.446 e. The maximum Gasteiger partial charge on any atom is 0.446 e. The summed E-state index contributed by atoms with van der Waals surface area (Å²) in [5.41, 5.74) is -3.76. The van der Waals surface area contributed by atoms with Gasteiger partial charge in [-0.15, -0.1) is 0 Å². The summed E-state index contributed by atoms with van der Waals surface area (Å²) in [6, 6.07) is 6.67. The molecular formula is C19H17F3N4O3S. The van der Waals surface area contributed by atoms with Gasteiger partial charge in [0.1, 0.15) is 0 Å². The van der Waals surface area contributed by atoms with Crippen LogP contribution in [0.25, 0.3) is 5.69 Å². The highest BCUT2D eigenvalue weighted by atomic mass is 32.2. The number of rotatable bonds is 5. The Bertz CT molecular complexity index is 1140. The van der Waals surface area contributed by atoms with Crippen molar-refractivity contribution in [2.45, 2.75) is 23.9 Å². The van der Waals surface area contributed by atoms with Gasteiger partial charge in [0.25, 0.3) is 5.91 Å². The highest BCUT2D eigenvalue weighted by molar-refractivity contribution is 8.00. The molecule has 0 aliphatic rings. The van der Waals surface area contributed by atoms with Crippen LogP contribution in [-0.2, 0) is 6.54 Å². The summed E-state index contributed by atoms with van der Waals surface area (Å²) in [6.07, 6.45) is 2.86. The Kier molecular flexibility index (Phi) is 5.92. The van der Waals surface area contributed by atoms with Crippen LogP contribution in [0.1, 0.15) is 21.6 Å². The van der Waals surface area contributed by atoms with Gasteiger partial charge in [0.05, 0.1) is 23.5 Å². The Morgan fingerprint density at radius 2 is 1.90 bits per heavy atom. The lowest BCUT2D eigenvalue weighted by Gasteiger charge is -2.09. The molecule has 7 nitrogen and oxygen atoms in total.